The second kappa shape index (κ2) is 6.02. The number of hydrogen-bond acceptors (Lipinski definition) is 6. The molecule has 2 rings (SSSR count). The van der Waals surface area contributed by atoms with Gasteiger partial charge in [0.2, 0.25) is 0 Å². The Morgan fingerprint density at radius 2 is 2.25 bits per heavy atom. The van der Waals surface area contributed by atoms with E-state index in [2.05, 4.69) is 0 Å². The number of thioether (sulfide) groups is 2. The molecular weight excluding hydrogens is 316 g/mol. The Labute approximate surface area is 130 Å². The van der Waals surface area contributed by atoms with Gasteiger partial charge in [0.25, 0.3) is 5.91 Å². The monoisotopic (exact) mass is 328 g/mol. The first-order valence-corrected chi connectivity index (χ1v) is 7.75. The summed E-state index contributed by atoms with van der Waals surface area (Å²) in [6, 6.07) is 0. The smallest absolute Gasteiger partial charge is 0.323 e. The number of nitrogens with zero attached hydrogens (tertiary/aromatic N) is 2. The van der Waals surface area contributed by atoms with Crippen molar-refractivity contribution in [2.75, 3.05) is 13.6 Å². The summed E-state index contributed by atoms with van der Waals surface area (Å²) in [5.74, 6) is -1.41. The van der Waals surface area contributed by atoms with E-state index in [1.54, 1.807) is 11.8 Å². The van der Waals surface area contributed by atoms with E-state index >= 15 is 0 Å². The van der Waals surface area contributed by atoms with E-state index < -0.39 is 12.5 Å². The second-order valence-corrected chi connectivity index (χ2v) is 6.73. The molecular formula is C12H12N2O3S3. The molecule has 1 N–H and O–H groups in total. The van der Waals surface area contributed by atoms with Gasteiger partial charge in [-0.25, -0.2) is 0 Å². The summed E-state index contributed by atoms with van der Waals surface area (Å²) < 4.78 is 0.288. The minimum absolute atomic E-state index is 0.288. The largest absolute Gasteiger partial charge is 0.480 e. The Hall–Kier alpha value is -1.25. The Morgan fingerprint density at radius 1 is 1.55 bits per heavy atom. The van der Waals surface area contributed by atoms with Crippen LogP contribution in [-0.4, -0.2) is 44.7 Å². The minimum atomic E-state index is -1.08. The molecule has 0 unspecified atom stereocenters. The molecule has 5 nitrogen and oxygen atoms in total. The molecule has 0 spiro atoms. The predicted octanol–water partition coefficient (Wildman–Crippen LogP) is 2.20. The summed E-state index contributed by atoms with van der Waals surface area (Å²) in [5.41, 5.74) is 0.785. The summed E-state index contributed by atoms with van der Waals surface area (Å²) in [4.78, 5) is 26.5. The van der Waals surface area contributed by atoms with Crippen molar-refractivity contribution >= 4 is 51.9 Å². The summed E-state index contributed by atoms with van der Waals surface area (Å²) in [7, 11) is 1.92. The van der Waals surface area contributed by atoms with Gasteiger partial charge in [0.1, 0.15) is 10.9 Å². The Morgan fingerprint density at radius 3 is 2.80 bits per heavy atom. The zero-order valence-corrected chi connectivity index (χ0v) is 13.3. The van der Waals surface area contributed by atoms with Crippen molar-refractivity contribution in [3.05, 3.63) is 33.2 Å². The zero-order valence-electron chi connectivity index (χ0n) is 10.8. The first-order valence-electron chi connectivity index (χ1n) is 5.64. The van der Waals surface area contributed by atoms with Crippen molar-refractivity contribution in [3.8, 4) is 0 Å². The van der Waals surface area contributed by atoms with Crippen LogP contribution in [0.1, 0.15) is 6.92 Å². The fourth-order valence-electron chi connectivity index (χ4n) is 1.65. The first kappa shape index (κ1) is 15.1. The van der Waals surface area contributed by atoms with Gasteiger partial charge in [-0.15, -0.1) is 0 Å². The molecule has 0 radical (unpaired) electrons. The van der Waals surface area contributed by atoms with Crippen LogP contribution >= 0.6 is 35.7 Å². The van der Waals surface area contributed by atoms with Crippen LogP contribution in [0.2, 0.25) is 0 Å². The fraction of sp³-hybridized carbons (Fsp3) is 0.250. The number of thiocarbonyl (C=S) groups is 1. The van der Waals surface area contributed by atoms with E-state index in [0.29, 0.717) is 4.91 Å². The molecule has 1 saturated heterocycles. The minimum Gasteiger partial charge on any atom is -0.480 e. The normalized spacial score (nSPS) is 23.2. The number of rotatable bonds is 3. The van der Waals surface area contributed by atoms with Crippen LogP contribution in [0.5, 0.6) is 0 Å². The van der Waals surface area contributed by atoms with E-state index in [1.165, 1.54) is 0 Å². The third kappa shape index (κ3) is 3.08. The van der Waals surface area contributed by atoms with Crippen LogP contribution < -0.4 is 0 Å². The first-order chi connectivity index (χ1) is 9.40. The van der Waals surface area contributed by atoms with E-state index in [9.17, 15) is 9.59 Å². The number of carboxylic acid groups (broad SMARTS) is 1. The molecule has 2 aliphatic heterocycles. The maximum Gasteiger partial charge on any atom is 0.323 e. The molecule has 1 amide bonds. The molecule has 1 fully saturated rings. The molecule has 0 aliphatic carbocycles. The molecule has 0 saturated carbocycles. The highest BCUT2D eigenvalue weighted by Gasteiger charge is 2.34. The zero-order chi connectivity index (χ0) is 14.9. The topological polar surface area (TPSA) is 60.9 Å². The molecule has 0 aromatic rings. The average Bonchev–Trinajstić information content (AvgIpc) is 2.88. The molecule has 0 aromatic heterocycles. The lowest BCUT2D eigenvalue weighted by Crippen LogP contribution is -2.33. The van der Waals surface area contributed by atoms with Crippen LogP contribution in [0.25, 0.3) is 0 Å². The molecule has 2 heterocycles. The molecule has 0 atom stereocenters. The molecule has 0 bridgehead atoms. The number of carbonyl (C=O) groups is 2. The van der Waals surface area contributed by atoms with E-state index in [-0.39, 0.29) is 10.2 Å². The predicted molar refractivity (Wildman–Crippen MR) is 84.8 cm³/mol. The third-order valence-electron chi connectivity index (χ3n) is 2.66. The van der Waals surface area contributed by atoms with Gasteiger partial charge in [0.15, 0.2) is 0 Å². The second-order valence-electron chi connectivity index (χ2n) is 4.16. The lowest BCUT2D eigenvalue weighted by molar-refractivity contribution is -0.140. The van der Waals surface area contributed by atoms with Gasteiger partial charge in [-0.1, -0.05) is 35.7 Å². The number of allylic oxidation sites excluding steroid dienone is 2. The molecule has 106 valence electrons. The van der Waals surface area contributed by atoms with Crippen LogP contribution in [0, 0.1) is 0 Å². The van der Waals surface area contributed by atoms with Gasteiger partial charge >= 0.3 is 5.97 Å². The number of hydrogen-bond donors (Lipinski definition) is 1. The quantitative estimate of drug-likeness (QED) is 0.629. The number of carbonyl (C=O) groups excluding carboxylic acids is 1. The van der Waals surface area contributed by atoms with Crippen molar-refractivity contribution in [1.29, 1.82) is 0 Å². The fourth-order valence-corrected chi connectivity index (χ4v) is 3.75. The lowest BCUT2D eigenvalue weighted by Gasteiger charge is -2.11. The van der Waals surface area contributed by atoms with E-state index in [0.717, 1.165) is 27.3 Å². The Bertz CT molecular complexity index is 580. The maximum atomic E-state index is 12.2. The van der Waals surface area contributed by atoms with Crippen LogP contribution in [0.4, 0.5) is 0 Å². The van der Waals surface area contributed by atoms with Gasteiger partial charge in [0, 0.05) is 13.2 Å². The number of carboxylic acids is 1. The van der Waals surface area contributed by atoms with Gasteiger partial charge in [0.05, 0.1) is 9.93 Å². The summed E-state index contributed by atoms with van der Waals surface area (Å²) in [6.07, 6.45) is 3.83. The molecule has 20 heavy (non-hydrogen) atoms. The van der Waals surface area contributed by atoms with Gasteiger partial charge in [-0.2, -0.15) is 0 Å². The van der Waals surface area contributed by atoms with Crippen molar-refractivity contribution in [1.82, 2.24) is 9.80 Å². The maximum absolute atomic E-state index is 12.2. The SMILES string of the molecule is CC(/C=C1\SC=CN1C)=C1\SC(=S)N(CC(=O)O)C1=O. The van der Waals surface area contributed by atoms with Gasteiger partial charge in [-0.05, 0) is 24.0 Å². The van der Waals surface area contributed by atoms with Crippen LogP contribution in [0.15, 0.2) is 33.2 Å². The Kier molecular flexibility index (Phi) is 4.56. The van der Waals surface area contributed by atoms with Crippen molar-refractivity contribution < 1.29 is 14.7 Å². The van der Waals surface area contributed by atoms with Gasteiger partial charge in [-0.3, -0.25) is 14.5 Å². The van der Waals surface area contributed by atoms with Crippen molar-refractivity contribution in [2.24, 2.45) is 0 Å². The van der Waals surface area contributed by atoms with Crippen LogP contribution in [-0.2, 0) is 9.59 Å². The van der Waals surface area contributed by atoms with Crippen molar-refractivity contribution in [2.45, 2.75) is 6.92 Å². The average molecular weight is 328 g/mol. The molecule has 0 aromatic carbocycles. The van der Waals surface area contributed by atoms with E-state index in [1.807, 2.05) is 36.6 Å². The number of amides is 1. The highest BCUT2D eigenvalue weighted by Crippen LogP contribution is 2.35. The lowest BCUT2D eigenvalue weighted by atomic mass is 10.2. The van der Waals surface area contributed by atoms with Crippen LogP contribution in [0.3, 0.4) is 0 Å². The summed E-state index contributed by atoms with van der Waals surface area (Å²) >= 11 is 7.77. The van der Waals surface area contributed by atoms with E-state index in [4.69, 9.17) is 17.3 Å². The van der Waals surface area contributed by atoms with Crippen molar-refractivity contribution in [3.63, 3.8) is 0 Å². The third-order valence-corrected chi connectivity index (χ3v) is 5.13. The highest BCUT2D eigenvalue weighted by atomic mass is 32.2. The Balaban J connectivity index is 2.24. The summed E-state index contributed by atoms with van der Waals surface area (Å²) in [5, 5.41) is 11.7. The standard InChI is InChI=1S/C12H12N2O3S3/c1-7(5-8-13(2)3-4-19-8)10-11(17)14(6-9(15)16)12(18)20-10/h3-5H,6H2,1-2H3,(H,15,16)/b8-5-,10-7+. The molecule has 8 heteroatoms. The summed E-state index contributed by atoms with van der Waals surface area (Å²) in [6.45, 7) is 1.43. The highest BCUT2D eigenvalue weighted by molar-refractivity contribution is 8.26. The molecule has 2 aliphatic rings. The van der Waals surface area contributed by atoms with Gasteiger partial charge < -0.3 is 10.0 Å². The number of aliphatic carboxylic acids is 1.